The Labute approximate surface area is 95.0 Å². The third kappa shape index (κ3) is 2.22. The predicted octanol–water partition coefficient (Wildman–Crippen LogP) is 2.57. The summed E-state index contributed by atoms with van der Waals surface area (Å²) in [6.07, 6.45) is 2.44. The zero-order chi connectivity index (χ0) is 11.5. The van der Waals surface area contributed by atoms with Crippen LogP contribution in [0.25, 0.3) is 0 Å². The summed E-state index contributed by atoms with van der Waals surface area (Å²) in [4.78, 5) is 12.4. The van der Waals surface area contributed by atoms with E-state index in [1.165, 1.54) is 12.8 Å². The Morgan fingerprint density at radius 2 is 1.81 bits per heavy atom. The SMILES string of the molecule is [CH2]C(c1ccc([N+](=O)[O-])cc1)N1CCCC1. The number of likely N-dealkylation sites (tertiary alicyclic amines) is 1. The van der Waals surface area contributed by atoms with Crippen LogP contribution in [-0.4, -0.2) is 22.9 Å². The van der Waals surface area contributed by atoms with Crippen molar-refractivity contribution in [3.8, 4) is 0 Å². The summed E-state index contributed by atoms with van der Waals surface area (Å²) in [6, 6.07) is 6.80. The zero-order valence-electron chi connectivity index (χ0n) is 9.13. The molecule has 0 aromatic heterocycles. The lowest BCUT2D eigenvalue weighted by Gasteiger charge is -2.23. The van der Waals surface area contributed by atoms with Gasteiger partial charge in [-0.1, -0.05) is 12.1 Å². The third-order valence-electron chi connectivity index (χ3n) is 3.07. The van der Waals surface area contributed by atoms with Crippen molar-refractivity contribution in [2.45, 2.75) is 18.9 Å². The summed E-state index contributed by atoms with van der Waals surface area (Å²) in [6.45, 7) is 6.27. The molecule has 0 spiro atoms. The molecule has 1 heterocycles. The molecule has 1 saturated heterocycles. The van der Waals surface area contributed by atoms with E-state index in [1.54, 1.807) is 24.3 Å². The molecule has 1 unspecified atom stereocenters. The van der Waals surface area contributed by atoms with Crippen molar-refractivity contribution in [2.75, 3.05) is 13.1 Å². The Bertz CT molecular complexity index is 369. The summed E-state index contributed by atoms with van der Waals surface area (Å²) in [5.41, 5.74) is 1.19. The number of nitro benzene ring substituents is 1. The maximum absolute atomic E-state index is 10.5. The first-order chi connectivity index (χ1) is 7.68. The van der Waals surface area contributed by atoms with Gasteiger partial charge in [-0.2, -0.15) is 0 Å². The second-order valence-corrected chi connectivity index (χ2v) is 4.11. The van der Waals surface area contributed by atoms with Crippen molar-refractivity contribution >= 4 is 5.69 Å². The summed E-state index contributed by atoms with van der Waals surface area (Å²) in [5, 5.41) is 10.5. The molecule has 1 fully saturated rings. The van der Waals surface area contributed by atoms with E-state index in [-0.39, 0.29) is 16.7 Å². The van der Waals surface area contributed by atoms with Crippen LogP contribution in [-0.2, 0) is 0 Å². The molecule has 1 radical (unpaired) electrons. The van der Waals surface area contributed by atoms with Crippen molar-refractivity contribution in [1.82, 2.24) is 4.90 Å². The van der Waals surface area contributed by atoms with E-state index in [4.69, 9.17) is 0 Å². The highest BCUT2D eigenvalue weighted by Gasteiger charge is 2.19. The van der Waals surface area contributed by atoms with Crippen LogP contribution >= 0.6 is 0 Å². The molecular formula is C12H15N2O2. The maximum Gasteiger partial charge on any atom is 0.269 e. The van der Waals surface area contributed by atoms with Crippen LogP contribution in [0.3, 0.4) is 0 Å². The van der Waals surface area contributed by atoms with Crippen LogP contribution in [0.2, 0.25) is 0 Å². The molecule has 0 amide bonds. The van der Waals surface area contributed by atoms with E-state index in [0.717, 1.165) is 18.7 Å². The van der Waals surface area contributed by atoms with Crippen LogP contribution in [0.5, 0.6) is 0 Å². The highest BCUT2D eigenvalue weighted by molar-refractivity contribution is 5.34. The topological polar surface area (TPSA) is 46.4 Å². The van der Waals surface area contributed by atoms with E-state index in [0.29, 0.717) is 0 Å². The van der Waals surface area contributed by atoms with Crippen molar-refractivity contribution in [3.63, 3.8) is 0 Å². The minimum absolute atomic E-state index is 0.114. The summed E-state index contributed by atoms with van der Waals surface area (Å²) in [7, 11) is 0. The second kappa shape index (κ2) is 4.61. The standard InChI is InChI=1S/C12H15N2O2/c1-10(13-8-2-3-9-13)11-4-6-12(7-5-11)14(15)16/h4-7,10H,1-3,8-9H2. The number of non-ortho nitro benzene ring substituents is 1. The Morgan fingerprint density at radius 3 is 2.31 bits per heavy atom. The number of nitrogens with zero attached hydrogens (tertiary/aromatic N) is 2. The first kappa shape index (κ1) is 11.1. The van der Waals surface area contributed by atoms with Crippen molar-refractivity contribution in [2.24, 2.45) is 0 Å². The number of nitro groups is 1. The monoisotopic (exact) mass is 219 g/mol. The third-order valence-corrected chi connectivity index (χ3v) is 3.07. The van der Waals surface area contributed by atoms with Gasteiger partial charge in [0.15, 0.2) is 0 Å². The molecule has 1 aliphatic heterocycles. The minimum atomic E-state index is -0.377. The average Bonchev–Trinajstić information content (AvgIpc) is 2.81. The first-order valence-corrected chi connectivity index (χ1v) is 5.50. The largest absolute Gasteiger partial charge is 0.296 e. The lowest BCUT2D eigenvalue weighted by Crippen LogP contribution is -2.23. The number of rotatable bonds is 3. The Hall–Kier alpha value is -1.42. The van der Waals surface area contributed by atoms with Gasteiger partial charge < -0.3 is 0 Å². The van der Waals surface area contributed by atoms with Crippen LogP contribution in [0.15, 0.2) is 24.3 Å². The van der Waals surface area contributed by atoms with Gasteiger partial charge in [0.1, 0.15) is 0 Å². The van der Waals surface area contributed by atoms with E-state index in [1.807, 2.05) is 0 Å². The van der Waals surface area contributed by atoms with Crippen molar-refractivity contribution in [3.05, 3.63) is 46.9 Å². The highest BCUT2D eigenvalue weighted by Crippen LogP contribution is 2.25. The fourth-order valence-corrected chi connectivity index (χ4v) is 2.08. The normalized spacial score (nSPS) is 18.6. The Morgan fingerprint density at radius 1 is 1.25 bits per heavy atom. The van der Waals surface area contributed by atoms with Gasteiger partial charge in [0.05, 0.1) is 4.92 Å². The number of benzene rings is 1. The molecule has 1 aromatic rings. The van der Waals surface area contributed by atoms with Crippen molar-refractivity contribution < 1.29 is 4.92 Å². The van der Waals surface area contributed by atoms with Gasteiger partial charge >= 0.3 is 0 Å². The van der Waals surface area contributed by atoms with Gasteiger partial charge in [0, 0.05) is 18.2 Å². The van der Waals surface area contributed by atoms with Gasteiger partial charge in [-0.05, 0) is 38.4 Å². The smallest absolute Gasteiger partial charge is 0.269 e. The highest BCUT2D eigenvalue weighted by atomic mass is 16.6. The Kier molecular flexibility index (Phi) is 3.19. The summed E-state index contributed by atoms with van der Waals surface area (Å²) in [5.74, 6) is 0. The van der Waals surface area contributed by atoms with E-state index in [2.05, 4.69) is 11.8 Å². The molecule has 1 aromatic carbocycles. The fraction of sp³-hybridized carbons (Fsp3) is 0.417. The van der Waals surface area contributed by atoms with E-state index in [9.17, 15) is 10.1 Å². The molecule has 0 bridgehead atoms. The molecule has 1 aliphatic rings. The van der Waals surface area contributed by atoms with Gasteiger partial charge in [0.2, 0.25) is 0 Å². The maximum atomic E-state index is 10.5. The molecule has 1 atom stereocenters. The molecule has 0 saturated carbocycles. The van der Waals surface area contributed by atoms with E-state index >= 15 is 0 Å². The lowest BCUT2D eigenvalue weighted by atomic mass is 10.1. The molecule has 0 N–H and O–H groups in total. The minimum Gasteiger partial charge on any atom is -0.296 e. The van der Waals surface area contributed by atoms with Crippen LogP contribution in [0.4, 0.5) is 5.69 Å². The molecule has 85 valence electrons. The van der Waals surface area contributed by atoms with Gasteiger partial charge in [-0.25, -0.2) is 0 Å². The second-order valence-electron chi connectivity index (χ2n) is 4.11. The fourth-order valence-electron chi connectivity index (χ4n) is 2.08. The molecule has 4 heteroatoms. The molecule has 2 rings (SSSR count). The lowest BCUT2D eigenvalue weighted by molar-refractivity contribution is -0.384. The number of hydrogen-bond acceptors (Lipinski definition) is 3. The molecule has 0 aliphatic carbocycles. The first-order valence-electron chi connectivity index (χ1n) is 5.50. The van der Waals surface area contributed by atoms with Gasteiger partial charge in [-0.15, -0.1) is 0 Å². The quantitative estimate of drug-likeness (QED) is 0.579. The number of hydrogen-bond donors (Lipinski definition) is 0. The van der Waals surface area contributed by atoms with Crippen molar-refractivity contribution in [1.29, 1.82) is 0 Å². The van der Waals surface area contributed by atoms with Crippen LogP contribution in [0.1, 0.15) is 24.4 Å². The molecule has 16 heavy (non-hydrogen) atoms. The van der Waals surface area contributed by atoms with Gasteiger partial charge in [-0.3, -0.25) is 15.0 Å². The van der Waals surface area contributed by atoms with Crippen LogP contribution < -0.4 is 0 Å². The van der Waals surface area contributed by atoms with E-state index < -0.39 is 0 Å². The summed E-state index contributed by atoms with van der Waals surface area (Å²) < 4.78 is 0. The Balaban J connectivity index is 2.11. The van der Waals surface area contributed by atoms with Gasteiger partial charge in [0.25, 0.3) is 5.69 Å². The van der Waals surface area contributed by atoms with Crippen LogP contribution in [0, 0.1) is 17.0 Å². The average molecular weight is 219 g/mol. The molecular weight excluding hydrogens is 204 g/mol. The zero-order valence-corrected chi connectivity index (χ0v) is 9.13. The molecule has 4 nitrogen and oxygen atoms in total. The predicted molar refractivity (Wildman–Crippen MR) is 62.0 cm³/mol. The summed E-state index contributed by atoms with van der Waals surface area (Å²) >= 11 is 0.